The molecular weight excluding hydrogens is 162 g/mol. The maximum Gasteiger partial charge on any atom is 0.148 e. The summed E-state index contributed by atoms with van der Waals surface area (Å²) in [5.41, 5.74) is 1.09. The molecule has 3 heteroatoms. The number of nitriles is 2. The van der Waals surface area contributed by atoms with Gasteiger partial charge in [-0.3, -0.25) is 0 Å². The third-order valence-electron chi connectivity index (χ3n) is 2.42. The molecule has 68 valence electrons. The van der Waals surface area contributed by atoms with Crippen LogP contribution in [-0.2, 0) is 0 Å². The molecule has 1 aliphatic rings. The van der Waals surface area contributed by atoms with E-state index < -0.39 is 0 Å². The fraction of sp³-hybridized carbons (Fsp3) is 0.600. The Hall–Kier alpha value is -1.48. The molecule has 0 unspecified atom stereocenters. The first-order chi connectivity index (χ1) is 6.29. The lowest BCUT2D eigenvalue weighted by Gasteiger charge is -2.29. The van der Waals surface area contributed by atoms with Gasteiger partial charge in [-0.2, -0.15) is 10.5 Å². The van der Waals surface area contributed by atoms with Crippen LogP contribution in [0.4, 0.5) is 0 Å². The lowest BCUT2D eigenvalue weighted by atomic mass is 10.1. The van der Waals surface area contributed by atoms with Crippen LogP contribution in [0.1, 0.15) is 26.2 Å². The zero-order valence-electron chi connectivity index (χ0n) is 7.88. The van der Waals surface area contributed by atoms with E-state index in [-0.39, 0.29) is 5.57 Å². The van der Waals surface area contributed by atoms with E-state index in [0.29, 0.717) is 0 Å². The number of nitrogens with zero attached hydrogens (tertiary/aromatic N) is 3. The maximum absolute atomic E-state index is 8.67. The molecule has 0 N–H and O–H groups in total. The third-order valence-corrected chi connectivity index (χ3v) is 2.42. The maximum atomic E-state index is 8.67. The Bertz CT molecular complexity index is 268. The molecule has 1 saturated heterocycles. The van der Waals surface area contributed by atoms with Crippen LogP contribution in [0.5, 0.6) is 0 Å². The molecule has 0 aromatic carbocycles. The molecule has 0 spiro atoms. The quantitative estimate of drug-likeness (QED) is 0.571. The van der Waals surface area contributed by atoms with Gasteiger partial charge >= 0.3 is 0 Å². The summed E-state index contributed by atoms with van der Waals surface area (Å²) in [6.45, 7) is 3.82. The van der Waals surface area contributed by atoms with Gasteiger partial charge in [-0.05, 0) is 26.2 Å². The summed E-state index contributed by atoms with van der Waals surface area (Å²) in [6, 6.07) is 3.85. The predicted octanol–water partition coefficient (Wildman–Crippen LogP) is 1.79. The van der Waals surface area contributed by atoms with E-state index in [2.05, 4.69) is 4.90 Å². The van der Waals surface area contributed by atoms with Crippen molar-refractivity contribution in [2.45, 2.75) is 26.2 Å². The molecule has 0 aliphatic carbocycles. The van der Waals surface area contributed by atoms with Crippen LogP contribution in [0, 0.1) is 22.7 Å². The second-order valence-electron chi connectivity index (χ2n) is 3.23. The van der Waals surface area contributed by atoms with Crippen LogP contribution in [-0.4, -0.2) is 18.0 Å². The minimum atomic E-state index is 0.252. The zero-order valence-corrected chi connectivity index (χ0v) is 7.88. The average molecular weight is 175 g/mol. The first kappa shape index (κ1) is 9.61. The minimum Gasteiger partial charge on any atom is -0.373 e. The summed E-state index contributed by atoms with van der Waals surface area (Å²) in [6.07, 6.45) is 3.60. The highest BCUT2D eigenvalue weighted by Crippen LogP contribution is 2.16. The molecule has 0 radical (unpaired) electrons. The van der Waals surface area contributed by atoms with Crippen LogP contribution in [0.25, 0.3) is 0 Å². The van der Waals surface area contributed by atoms with E-state index in [1.807, 2.05) is 19.1 Å². The van der Waals surface area contributed by atoms with Crippen molar-refractivity contribution in [2.24, 2.45) is 0 Å². The van der Waals surface area contributed by atoms with Gasteiger partial charge < -0.3 is 4.90 Å². The summed E-state index contributed by atoms with van der Waals surface area (Å²) < 4.78 is 0. The normalized spacial score (nSPS) is 15.8. The lowest BCUT2D eigenvalue weighted by molar-refractivity contribution is 0.285. The molecule has 13 heavy (non-hydrogen) atoms. The first-order valence-electron chi connectivity index (χ1n) is 4.55. The molecule has 0 saturated carbocycles. The zero-order chi connectivity index (χ0) is 9.68. The van der Waals surface area contributed by atoms with Gasteiger partial charge in [-0.25, -0.2) is 0 Å². The summed E-state index contributed by atoms with van der Waals surface area (Å²) >= 11 is 0. The van der Waals surface area contributed by atoms with Gasteiger partial charge in [0.25, 0.3) is 0 Å². The van der Waals surface area contributed by atoms with Crippen molar-refractivity contribution in [1.29, 1.82) is 10.5 Å². The molecule has 0 amide bonds. The summed E-state index contributed by atoms with van der Waals surface area (Å²) in [4.78, 5) is 2.13. The van der Waals surface area contributed by atoms with E-state index >= 15 is 0 Å². The molecule has 0 aromatic rings. The van der Waals surface area contributed by atoms with Crippen molar-refractivity contribution in [3.05, 3.63) is 11.3 Å². The van der Waals surface area contributed by atoms with Gasteiger partial charge in [0.1, 0.15) is 17.7 Å². The predicted molar refractivity (Wildman–Crippen MR) is 49.4 cm³/mol. The highest BCUT2D eigenvalue weighted by Gasteiger charge is 2.13. The molecule has 0 aromatic heterocycles. The molecule has 1 heterocycles. The van der Waals surface area contributed by atoms with Crippen LogP contribution in [0.3, 0.4) is 0 Å². The van der Waals surface area contributed by atoms with Crippen LogP contribution in [0.15, 0.2) is 11.3 Å². The van der Waals surface area contributed by atoms with Crippen molar-refractivity contribution in [3.8, 4) is 12.1 Å². The topological polar surface area (TPSA) is 50.8 Å². The molecule has 0 atom stereocenters. The van der Waals surface area contributed by atoms with E-state index in [4.69, 9.17) is 10.5 Å². The van der Waals surface area contributed by atoms with Crippen molar-refractivity contribution < 1.29 is 0 Å². The van der Waals surface area contributed by atoms with E-state index in [9.17, 15) is 0 Å². The monoisotopic (exact) mass is 175 g/mol. The van der Waals surface area contributed by atoms with E-state index in [1.54, 1.807) is 0 Å². The Morgan fingerprint density at radius 3 is 2.08 bits per heavy atom. The summed E-state index contributed by atoms with van der Waals surface area (Å²) in [7, 11) is 0. The Morgan fingerprint density at radius 1 is 1.08 bits per heavy atom. The Kier molecular flexibility index (Phi) is 3.34. The minimum absolute atomic E-state index is 0.252. The lowest BCUT2D eigenvalue weighted by Crippen LogP contribution is -2.28. The largest absolute Gasteiger partial charge is 0.373 e. The van der Waals surface area contributed by atoms with Gasteiger partial charge in [0, 0.05) is 18.8 Å². The fourth-order valence-corrected chi connectivity index (χ4v) is 1.57. The Morgan fingerprint density at radius 2 is 1.62 bits per heavy atom. The number of piperidine rings is 1. The summed E-state index contributed by atoms with van der Waals surface area (Å²) in [5.74, 6) is 0. The molecule has 0 bridgehead atoms. The molecule has 3 nitrogen and oxygen atoms in total. The van der Waals surface area contributed by atoms with Crippen molar-refractivity contribution in [1.82, 2.24) is 4.90 Å². The third kappa shape index (κ3) is 2.23. The van der Waals surface area contributed by atoms with Gasteiger partial charge in [0.2, 0.25) is 0 Å². The standard InChI is InChI=1S/C10H13N3/c1-9(10(7-11)8-12)13-5-3-2-4-6-13/h2-6H2,1H3. The smallest absolute Gasteiger partial charge is 0.148 e. The van der Waals surface area contributed by atoms with Crippen molar-refractivity contribution in [2.75, 3.05) is 13.1 Å². The number of hydrogen-bond acceptors (Lipinski definition) is 3. The average Bonchev–Trinajstić information content (AvgIpc) is 2.21. The first-order valence-corrected chi connectivity index (χ1v) is 4.55. The number of allylic oxidation sites excluding steroid dienone is 2. The highest BCUT2D eigenvalue weighted by atomic mass is 15.1. The van der Waals surface area contributed by atoms with Crippen LogP contribution < -0.4 is 0 Å². The van der Waals surface area contributed by atoms with E-state index in [0.717, 1.165) is 18.8 Å². The van der Waals surface area contributed by atoms with Gasteiger partial charge in [-0.15, -0.1) is 0 Å². The molecule has 1 fully saturated rings. The number of rotatable bonds is 1. The van der Waals surface area contributed by atoms with E-state index in [1.165, 1.54) is 19.3 Å². The fourth-order valence-electron chi connectivity index (χ4n) is 1.57. The second kappa shape index (κ2) is 4.52. The van der Waals surface area contributed by atoms with Gasteiger partial charge in [0.05, 0.1) is 0 Å². The Labute approximate surface area is 78.9 Å². The summed E-state index contributed by atoms with van der Waals surface area (Å²) in [5, 5.41) is 17.3. The molecule has 1 rings (SSSR count). The van der Waals surface area contributed by atoms with Crippen molar-refractivity contribution >= 4 is 0 Å². The molecular formula is C10H13N3. The molecule has 1 aliphatic heterocycles. The van der Waals surface area contributed by atoms with Crippen LogP contribution in [0.2, 0.25) is 0 Å². The van der Waals surface area contributed by atoms with Gasteiger partial charge in [-0.1, -0.05) is 0 Å². The van der Waals surface area contributed by atoms with Crippen molar-refractivity contribution in [3.63, 3.8) is 0 Å². The number of hydrogen-bond donors (Lipinski definition) is 0. The highest BCUT2D eigenvalue weighted by molar-refractivity contribution is 5.38. The second-order valence-corrected chi connectivity index (χ2v) is 3.23. The Balaban J connectivity index is 2.76. The van der Waals surface area contributed by atoms with Crippen LogP contribution >= 0.6 is 0 Å². The SMILES string of the molecule is CC(=C(C#N)C#N)N1CCCCC1. The number of likely N-dealkylation sites (tertiary alicyclic amines) is 1. The van der Waals surface area contributed by atoms with Gasteiger partial charge in [0.15, 0.2) is 0 Å².